The Morgan fingerprint density at radius 3 is 2.40 bits per heavy atom. The first kappa shape index (κ1) is 17.0. The Morgan fingerprint density at radius 1 is 1.05 bits per heavy atom. The molecule has 1 N–H and O–H groups in total. The lowest BCUT2D eigenvalue weighted by Crippen LogP contribution is -2.49. The summed E-state index contributed by atoms with van der Waals surface area (Å²) in [5.74, 6) is 4.09. The van der Waals surface area contributed by atoms with E-state index in [1.807, 2.05) is 0 Å². The molecule has 7 unspecified atom stereocenters. The Morgan fingerprint density at radius 2 is 1.80 bits per heavy atom. The molecule has 7 atom stereocenters. The van der Waals surface area contributed by atoms with Crippen LogP contribution < -0.4 is 5.32 Å². The van der Waals surface area contributed by atoms with E-state index in [0.29, 0.717) is 0 Å². The molecule has 20 heavy (non-hydrogen) atoms. The number of hydrogen-bond donors (Lipinski definition) is 1. The summed E-state index contributed by atoms with van der Waals surface area (Å²) < 4.78 is 0. The minimum absolute atomic E-state index is 0.738. The van der Waals surface area contributed by atoms with Crippen LogP contribution in [-0.4, -0.2) is 34.1 Å². The molecule has 2 fully saturated rings. The van der Waals surface area contributed by atoms with E-state index in [9.17, 15) is 0 Å². The molecule has 0 aromatic carbocycles. The van der Waals surface area contributed by atoms with Gasteiger partial charge in [-0.2, -0.15) is 23.5 Å². The van der Waals surface area contributed by atoms with Crippen molar-refractivity contribution < 1.29 is 0 Å². The van der Waals surface area contributed by atoms with Crippen molar-refractivity contribution in [3.05, 3.63) is 0 Å². The number of rotatable bonds is 4. The van der Waals surface area contributed by atoms with Crippen LogP contribution in [0.2, 0.25) is 0 Å². The van der Waals surface area contributed by atoms with Crippen molar-refractivity contribution in [2.24, 2.45) is 17.8 Å². The zero-order valence-corrected chi connectivity index (χ0v) is 15.5. The summed E-state index contributed by atoms with van der Waals surface area (Å²) in [4.78, 5) is 0. The lowest BCUT2D eigenvalue weighted by atomic mass is 9.72. The highest BCUT2D eigenvalue weighted by Crippen LogP contribution is 2.42. The molecular weight excluding hydrogens is 282 g/mol. The third kappa shape index (κ3) is 4.10. The van der Waals surface area contributed by atoms with Gasteiger partial charge in [-0.25, -0.2) is 0 Å². The summed E-state index contributed by atoms with van der Waals surface area (Å²) in [6, 6.07) is 0.738. The van der Waals surface area contributed by atoms with Gasteiger partial charge in [0.05, 0.1) is 0 Å². The van der Waals surface area contributed by atoms with Gasteiger partial charge in [-0.05, 0) is 37.1 Å². The summed E-state index contributed by atoms with van der Waals surface area (Å²) in [6.07, 6.45) is 4.31. The lowest BCUT2D eigenvalue weighted by Gasteiger charge is -2.43. The Bertz CT molecular complexity index is 271. The largest absolute Gasteiger partial charge is 0.313 e. The molecule has 2 aliphatic rings. The summed E-state index contributed by atoms with van der Waals surface area (Å²) in [5, 5.41) is 6.30. The standard InChI is InChI=1S/C17H33NS2/c1-6-18-17(15-8-7-11(2)12(3)9-15)16-10-19-13(4)14(5)20-16/h11-18H,6-10H2,1-5H3. The van der Waals surface area contributed by atoms with Crippen LogP contribution in [-0.2, 0) is 0 Å². The highest BCUT2D eigenvalue weighted by Gasteiger charge is 2.37. The van der Waals surface area contributed by atoms with Crippen molar-refractivity contribution >= 4 is 23.5 Å². The Hall–Kier alpha value is 0.660. The third-order valence-electron chi connectivity index (χ3n) is 5.56. The molecular formula is C17H33NS2. The maximum Gasteiger partial charge on any atom is 0.0297 e. The quantitative estimate of drug-likeness (QED) is 0.810. The van der Waals surface area contributed by atoms with Gasteiger partial charge in [0.15, 0.2) is 0 Å². The van der Waals surface area contributed by atoms with Gasteiger partial charge in [-0.3, -0.25) is 0 Å². The molecule has 0 spiro atoms. The molecule has 0 bridgehead atoms. The molecule has 1 saturated heterocycles. The van der Waals surface area contributed by atoms with Gasteiger partial charge in [-0.15, -0.1) is 0 Å². The Labute approximate surface area is 134 Å². The van der Waals surface area contributed by atoms with Gasteiger partial charge in [0, 0.05) is 27.5 Å². The van der Waals surface area contributed by atoms with Crippen molar-refractivity contribution in [3.8, 4) is 0 Å². The monoisotopic (exact) mass is 315 g/mol. The average Bonchev–Trinajstić information content (AvgIpc) is 2.43. The molecule has 0 aromatic rings. The second-order valence-corrected chi connectivity index (χ2v) is 10.1. The highest BCUT2D eigenvalue weighted by atomic mass is 32.2. The van der Waals surface area contributed by atoms with Crippen LogP contribution in [0.1, 0.15) is 53.9 Å². The van der Waals surface area contributed by atoms with Crippen molar-refractivity contribution in [1.82, 2.24) is 5.32 Å². The molecule has 3 heteroatoms. The predicted molar refractivity (Wildman–Crippen MR) is 95.9 cm³/mol. The van der Waals surface area contributed by atoms with Crippen LogP contribution in [0, 0.1) is 17.8 Å². The van der Waals surface area contributed by atoms with E-state index >= 15 is 0 Å². The third-order valence-corrected chi connectivity index (χ3v) is 9.08. The summed E-state index contributed by atoms with van der Waals surface area (Å²) >= 11 is 4.45. The fourth-order valence-corrected chi connectivity index (χ4v) is 6.96. The molecule has 0 amide bonds. The SMILES string of the molecule is CCNC(C1CCC(C)C(C)C1)C1CSC(C)C(C)S1. The smallest absolute Gasteiger partial charge is 0.0297 e. The highest BCUT2D eigenvalue weighted by molar-refractivity contribution is 8.07. The van der Waals surface area contributed by atoms with Gasteiger partial charge in [-0.1, -0.05) is 41.0 Å². The normalized spacial score (nSPS) is 44.2. The Kier molecular flexibility index (Phi) is 6.62. The maximum atomic E-state index is 3.86. The van der Waals surface area contributed by atoms with E-state index < -0.39 is 0 Å². The van der Waals surface area contributed by atoms with Crippen LogP contribution in [0.5, 0.6) is 0 Å². The number of thioether (sulfide) groups is 2. The van der Waals surface area contributed by atoms with E-state index in [-0.39, 0.29) is 0 Å². The van der Waals surface area contributed by atoms with Gasteiger partial charge >= 0.3 is 0 Å². The zero-order valence-electron chi connectivity index (χ0n) is 13.9. The molecule has 2 rings (SSSR count). The van der Waals surface area contributed by atoms with Crippen molar-refractivity contribution in [2.75, 3.05) is 12.3 Å². The predicted octanol–water partition coefficient (Wildman–Crippen LogP) is 4.66. The minimum Gasteiger partial charge on any atom is -0.313 e. The molecule has 0 aromatic heterocycles. The average molecular weight is 316 g/mol. The first-order chi connectivity index (χ1) is 9.52. The van der Waals surface area contributed by atoms with Gasteiger partial charge in [0.25, 0.3) is 0 Å². The van der Waals surface area contributed by atoms with Crippen LogP contribution in [0.3, 0.4) is 0 Å². The van der Waals surface area contributed by atoms with Crippen molar-refractivity contribution in [2.45, 2.75) is 75.7 Å². The molecule has 1 aliphatic heterocycles. The van der Waals surface area contributed by atoms with Gasteiger partial charge in [0.2, 0.25) is 0 Å². The van der Waals surface area contributed by atoms with Crippen molar-refractivity contribution in [1.29, 1.82) is 0 Å². The summed E-state index contributed by atoms with van der Waals surface area (Å²) in [7, 11) is 0. The minimum atomic E-state index is 0.738. The van der Waals surface area contributed by atoms with E-state index in [0.717, 1.165) is 46.1 Å². The molecule has 118 valence electrons. The van der Waals surface area contributed by atoms with Gasteiger partial charge in [0.1, 0.15) is 0 Å². The topological polar surface area (TPSA) is 12.0 Å². The second-order valence-electron chi connectivity index (χ2n) is 7.03. The van der Waals surface area contributed by atoms with Crippen LogP contribution in [0.4, 0.5) is 0 Å². The van der Waals surface area contributed by atoms with Crippen LogP contribution in [0.25, 0.3) is 0 Å². The molecule has 0 radical (unpaired) electrons. The van der Waals surface area contributed by atoms with Crippen LogP contribution >= 0.6 is 23.5 Å². The first-order valence-electron chi connectivity index (χ1n) is 8.53. The lowest BCUT2D eigenvalue weighted by molar-refractivity contribution is 0.171. The summed E-state index contributed by atoms with van der Waals surface area (Å²) in [5.41, 5.74) is 0. The van der Waals surface area contributed by atoms with E-state index in [4.69, 9.17) is 0 Å². The van der Waals surface area contributed by atoms with E-state index in [1.54, 1.807) is 0 Å². The van der Waals surface area contributed by atoms with Crippen LogP contribution in [0.15, 0.2) is 0 Å². The van der Waals surface area contributed by atoms with Gasteiger partial charge < -0.3 is 5.32 Å². The molecule has 1 saturated carbocycles. The fraction of sp³-hybridized carbons (Fsp3) is 1.00. The van der Waals surface area contributed by atoms with Crippen molar-refractivity contribution in [3.63, 3.8) is 0 Å². The number of nitrogens with one attached hydrogen (secondary N) is 1. The first-order valence-corrected chi connectivity index (χ1v) is 10.5. The van der Waals surface area contributed by atoms with E-state index in [2.05, 4.69) is 63.5 Å². The Balaban J connectivity index is 1.99. The van der Waals surface area contributed by atoms with E-state index in [1.165, 1.54) is 25.0 Å². The molecule has 1 aliphatic carbocycles. The maximum absolute atomic E-state index is 3.86. The second kappa shape index (κ2) is 7.78. The molecule has 1 heterocycles. The summed E-state index contributed by atoms with van der Waals surface area (Å²) in [6.45, 7) is 13.1. The fourth-order valence-electron chi connectivity index (χ4n) is 3.75. The zero-order chi connectivity index (χ0) is 14.7. The molecule has 1 nitrogen and oxygen atoms in total. The number of hydrogen-bond acceptors (Lipinski definition) is 3.